The van der Waals surface area contributed by atoms with E-state index in [-0.39, 0.29) is 5.69 Å². The number of carbonyl (C=O) groups is 1. The first-order valence-electron chi connectivity index (χ1n) is 3.81. The van der Waals surface area contributed by atoms with Crippen molar-refractivity contribution in [2.24, 2.45) is 0 Å². The molecule has 0 aliphatic heterocycles. The maximum atomic E-state index is 12.5. The van der Waals surface area contributed by atoms with Gasteiger partial charge >= 0.3 is 6.18 Å². The van der Waals surface area contributed by atoms with Gasteiger partial charge in [-0.3, -0.25) is 14.6 Å². The van der Waals surface area contributed by atoms with Crippen molar-refractivity contribution in [2.45, 2.75) is 13.1 Å². The van der Waals surface area contributed by atoms with E-state index in [1.165, 1.54) is 6.92 Å². The molecule has 3 nitrogen and oxygen atoms in total. The van der Waals surface area contributed by atoms with E-state index in [1.54, 1.807) is 4.84 Å². The van der Waals surface area contributed by atoms with Crippen LogP contribution in [0.5, 0.6) is 0 Å². The molecule has 0 aromatic carbocycles. The number of rotatable bonds is 1. The highest BCUT2D eigenvalue weighted by molar-refractivity contribution is 6.24. The predicted octanol–water partition coefficient (Wildman–Crippen LogP) is 2.29. The third-order valence-electron chi connectivity index (χ3n) is 1.68. The van der Waals surface area contributed by atoms with Crippen molar-refractivity contribution in [3.8, 4) is 0 Å². The molecule has 0 atom stereocenters. The van der Waals surface area contributed by atoms with Crippen molar-refractivity contribution in [3.05, 3.63) is 29.1 Å². The number of hydrogen-bond acceptors (Lipinski definition) is 2. The van der Waals surface area contributed by atoms with Crippen LogP contribution in [0.3, 0.4) is 0 Å². The number of nitrogens with one attached hydrogen (secondary N) is 1. The lowest BCUT2D eigenvalue weighted by atomic mass is 10.1. The number of carbonyl (C=O) groups excluding carboxylic acids is 1. The summed E-state index contributed by atoms with van der Waals surface area (Å²) in [5, 5.41) is 0. The van der Waals surface area contributed by atoms with E-state index in [1.807, 2.05) is 0 Å². The minimum absolute atomic E-state index is 0.174. The topological polar surface area (TPSA) is 42.0 Å². The van der Waals surface area contributed by atoms with Crippen molar-refractivity contribution in [2.75, 3.05) is 0 Å². The van der Waals surface area contributed by atoms with Gasteiger partial charge in [0.1, 0.15) is 0 Å². The van der Waals surface area contributed by atoms with E-state index in [2.05, 4.69) is 4.98 Å². The molecule has 0 aliphatic rings. The highest BCUT2D eigenvalue weighted by atomic mass is 35.5. The Morgan fingerprint density at radius 2 is 2.13 bits per heavy atom. The summed E-state index contributed by atoms with van der Waals surface area (Å²) in [5.41, 5.74) is -1.47. The summed E-state index contributed by atoms with van der Waals surface area (Å²) in [7, 11) is 0. The molecule has 1 heterocycles. The van der Waals surface area contributed by atoms with Crippen molar-refractivity contribution in [1.82, 2.24) is 9.82 Å². The molecular weight excluding hydrogens is 233 g/mol. The maximum Gasteiger partial charge on any atom is 0.417 e. The monoisotopic (exact) mass is 238 g/mol. The first-order chi connectivity index (χ1) is 6.86. The van der Waals surface area contributed by atoms with Gasteiger partial charge < -0.3 is 0 Å². The largest absolute Gasteiger partial charge is 0.417 e. The Bertz CT molecular complexity index is 392. The molecule has 0 radical (unpaired) electrons. The first-order valence-corrected chi connectivity index (χ1v) is 4.19. The fourth-order valence-corrected chi connectivity index (χ4v) is 1.13. The first kappa shape index (κ1) is 11.8. The predicted molar refractivity (Wildman–Crippen MR) is 47.3 cm³/mol. The Morgan fingerprint density at radius 3 is 2.60 bits per heavy atom. The molecule has 0 bridgehead atoms. The molecule has 1 aromatic heterocycles. The molecule has 7 heteroatoms. The quantitative estimate of drug-likeness (QED) is 0.763. The zero-order chi connectivity index (χ0) is 11.6. The molecule has 0 unspecified atom stereocenters. The number of aryl methyl sites for hydroxylation is 1. The number of pyridine rings is 1. The molecule has 0 saturated heterocycles. The fourth-order valence-electron chi connectivity index (χ4n) is 1.03. The molecule has 0 fully saturated rings. The lowest BCUT2D eigenvalue weighted by molar-refractivity contribution is -0.138. The van der Waals surface area contributed by atoms with E-state index in [0.29, 0.717) is 0 Å². The van der Waals surface area contributed by atoms with Gasteiger partial charge in [-0.2, -0.15) is 13.2 Å². The normalized spacial score (nSPS) is 11.3. The second-order valence-electron chi connectivity index (χ2n) is 2.79. The molecule has 0 spiro atoms. The van der Waals surface area contributed by atoms with E-state index in [4.69, 9.17) is 11.8 Å². The number of alkyl halides is 3. The smallest absolute Gasteiger partial charge is 0.268 e. The Balaban J connectivity index is 3.33. The highest BCUT2D eigenvalue weighted by Crippen LogP contribution is 2.32. The van der Waals surface area contributed by atoms with E-state index in [0.717, 1.165) is 12.3 Å². The Kier molecular flexibility index (Phi) is 3.18. The summed E-state index contributed by atoms with van der Waals surface area (Å²) in [6, 6.07) is 0.793. The van der Waals surface area contributed by atoms with Crippen LogP contribution in [0.15, 0.2) is 12.3 Å². The lowest BCUT2D eigenvalue weighted by Crippen LogP contribution is -2.20. The number of nitrogens with zero attached hydrogens (tertiary/aromatic N) is 1. The van der Waals surface area contributed by atoms with Crippen LogP contribution in [0, 0.1) is 6.92 Å². The summed E-state index contributed by atoms with van der Waals surface area (Å²) in [6.45, 7) is 1.40. The van der Waals surface area contributed by atoms with E-state index < -0.39 is 23.2 Å². The van der Waals surface area contributed by atoms with Gasteiger partial charge in [0.2, 0.25) is 0 Å². The molecular formula is C8H6ClF3N2O. The maximum absolute atomic E-state index is 12.5. The second-order valence-corrected chi connectivity index (χ2v) is 2.98. The summed E-state index contributed by atoms with van der Waals surface area (Å²) in [6.07, 6.45) is -3.76. The van der Waals surface area contributed by atoms with Gasteiger partial charge in [-0.05, 0) is 13.0 Å². The second kappa shape index (κ2) is 4.06. The van der Waals surface area contributed by atoms with Gasteiger partial charge in [-0.1, -0.05) is 0 Å². The van der Waals surface area contributed by atoms with Crippen LogP contribution in [0.4, 0.5) is 13.2 Å². The number of amides is 1. The van der Waals surface area contributed by atoms with E-state index >= 15 is 0 Å². The Morgan fingerprint density at radius 1 is 1.53 bits per heavy atom. The van der Waals surface area contributed by atoms with Gasteiger partial charge in [-0.25, -0.2) is 0 Å². The zero-order valence-corrected chi connectivity index (χ0v) is 8.28. The molecule has 0 saturated carbocycles. The van der Waals surface area contributed by atoms with Crippen LogP contribution in [0.25, 0.3) is 0 Å². The van der Waals surface area contributed by atoms with Crippen LogP contribution in [0.1, 0.15) is 21.6 Å². The minimum atomic E-state index is -4.60. The molecule has 15 heavy (non-hydrogen) atoms. The van der Waals surface area contributed by atoms with Crippen molar-refractivity contribution in [3.63, 3.8) is 0 Å². The third kappa shape index (κ3) is 2.59. The van der Waals surface area contributed by atoms with Crippen molar-refractivity contribution in [1.29, 1.82) is 0 Å². The summed E-state index contributed by atoms with van der Waals surface area (Å²) in [4.78, 5) is 16.2. The molecule has 0 aliphatic carbocycles. The molecule has 1 aromatic rings. The minimum Gasteiger partial charge on any atom is -0.268 e. The Hall–Kier alpha value is -1.30. The SMILES string of the molecule is Cc1cc(C(F)(F)F)c(C(=O)NCl)cn1. The van der Waals surface area contributed by atoms with Crippen LogP contribution >= 0.6 is 11.8 Å². The van der Waals surface area contributed by atoms with Crippen LogP contribution in [-0.2, 0) is 6.18 Å². The summed E-state index contributed by atoms with van der Waals surface area (Å²) < 4.78 is 37.4. The van der Waals surface area contributed by atoms with Crippen LogP contribution in [-0.4, -0.2) is 10.9 Å². The molecule has 1 rings (SSSR count). The summed E-state index contributed by atoms with van der Waals surface area (Å²) >= 11 is 4.95. The van der Waals surface area contributed by atoms with Gasteiger partial charge in [0.05, 0.1) is 11.1 Å². The standard InChI is InChI=1S/C8H6ClF3N2O/c1-4-2-6(8(10,11)12)5(3-13-4)7(15)14-9/h2-3H,1H3,(H,14,15). The van der Waals surface area contributed by atoms with Gasteiger partial charge in [0, 0.05) is 23.7 Å². The number of hydrogen-bond donors (Lipinski definition) is 1. The van der Waals surface area contributed by atoms with Gasteiger partial charge in [0.15, 0.2) is 0 Å². The summed E-state index contributed by atoms with van der Waals surface area (Å²) in [5.74, 6) is -1.03. The average Bonchev–Trinajstić information content (AvgIpc) is 2.15. The highest BCUT2D eigenvalue weighted by Gasteiger charge is 2.35. The number of halogens is 4. The zero-order valence-electron chi connectivity index (χ0n) is 7.52. The van der Waals surface area contributed by atoms with Crippen molar-refractivity contribution < 1.29 is 18.0 Å². The van der Waals surface area contributed by atoms with Gasteiger partial charge in [-0.15, -0.1) is 0 Å². The number of aromatic nitrogens is 1. The van der Waals surface area contributed by atoms with Crippen molar-refractivity contribution >= 4 is 17.7 Å². The van der Waals surface area contributed by atoms with Crippen LogP contribution < -0.4 is 4.84 Å². The average molecular weight is 239 g/mol. The Labute approximate surface area is 88.4 Å². The third-order valence-corrected chi connectivity index (χ3v) is 1.85. The molecule has 82 valence electrons. The van der Waals surface area contributed by atoms with Crippen LogP contribution in [0.2, 0.25) is 0 Å². The fraction of sp³-hybridized carbons (Fsp3) is 0.250. The van der Waals surface area contributed by atoms with E-state index in [9.17, 15) is 18.0 Å². The van der Waals surface area contributed by atoms with Gasteiger partial charge in [0.25, 0.3) is 5.91 Å². The molecule has 1 amide bonds. The lowest BCUT2D eigenvalue weighted by Gasteiger charge is -2.11. The molecule has 1 N–H and O–H groups in total.